The summed E-state index contributed by atoms with van der Waals surface area (Å²) in [6, 6.07) is 7.24. The topological polar surface area (TPSA) is 85.6 Å². The summed E-state index contributed by atoms with van der Waals surface area (Å²) in [6.07, 6.45) is 1.63. The number of Topliss-reactive ketones (excluding diaryl/α,β-unsaturated/α-hetero) is 1. The van der Waals surface area contributed by atoms with Gasteiger partial charge in [-0.1, -0.05) is 18.2 Å². The molecule has 0 spiro atoms. The van der Waals surface area contributed by atoms with Crippen LogP contribution in [0.1, 0.15) is 12.5 Å². The van der Waals surface area contributed by atoms with Crippen LogP contribution in [0.3, 0.4) is 0 Å². The fourth-order valence-electron chi connectivity index (χ4n) is 2.13. The van der Waals surface area contributed by atoms with Crippen molar-refractivity contribution >= 4 is 28.6 Å². The number of rotatable bonds is 6. The number of ketones is 1. The SMILES string of the molecule is CC(=O)COC(=O)Cc1cn(CC(=O)O)c2ccccc12. The third-order valence-corrected chi connectivity index (χ3v) is 2.95. The van der Waals surface area contributed by atoms with Crippen molar-refractivity contribution in [2.75, 3.05) is 6.61 Å². The summed E-state index contributed by atoms with van der Waals surface area (Å²) >= 11 is 0. The lowest BCUT2D eigenvalue weighted by Crippen LogP contribution is -2.13. The van der Waals surface area contributed by atoms with Crippen LogP contribution in [0.2, 0.25) is 0 Å². The van der Waals surface area contributed by atoms with Crippen molar-refractivity contribution in [2.24, 2.45) is 0 Å². The number of carboxylic acid groups (broad SMARTS) is 1. The molecule has 1 aromatic carbocycles. The highest BCUT2D eigenvalue weighted by Gasteiger charge is 2.14. The van der Waals surface area contributed by atoms with E-state index in [1.807, 2.05) is 12.1 Å². The lowest BCUT2D eigenvalue weighted by Gasteiger charge is -2.01. The average molecular weight is 289 g/mol. The van der Waals surface area contributed by atoms with Gasteiger partial charge in [0.2, 0.25) is 0 Å². The normalized spacial score (nSPS) is 10.5. The molecule has 1 heterocycles. The zero-order valence-corrected chi connectivity index (χ0v) is 11.5. The summed E-state index contributed by atoms with van der Waals surface area (Å²) in [5.41, 5.74) is 1.43. The average Bonchev–Trinajstić information content (AvgIpc) is 2.74. The van der Waals surface area contributed by atoms with Crippen LogP contribution in [-0.4, -0.2) is 34.0 Å². The van der Waals surface area contributed by atoms with Gasteiger partial charge in [0.25, 0.3) is 0 Å². The molecular weight excluding hydrogens is 274 g/mol. The number of hydrogen-bond donors (Lipinski definition) is 1. The zero-order valence-electron chi connectivity index (χ0n) is 11.5. The van der Waals surface area contributed by atoms with E-state index in [-0.39, 0.29) is 25.4 Å². The minimum atomic E-state index is -0.957. The molecule has 0 aliphatic carbocycles. The maximum atomic E-state index is 11.7. The molecule has 0 aliphatic heterocycles. The maximum Gasteiger partial charge on any atom is 0.323 e. The van der Waals surface area contributed by atoms with E-state index in [0.29, 0.717) is 5.56 Å². The number of carbonyl (C=O) groups excluding carboxylic acids is 2. The van der Waals surface area contributed by atoms with E-state index in [1.54, 1.807) is 22.9 Å². The number of aromatic nitrogens is 1. The van der Waals surface area contributed by atoms with Crippen molar-refractivity contribution in [3.63, 3.8) is 0 Å². The lowest BCUT2D eigenvalue weighted by molar-refractivity contribution is -0.146. The summed E-state index contributed by atoms with van der Waals surface area (Å²) < 4.78 is 6.41. The predicted octanol–water partition coefficient (Wildman–Crippen LogP) is 1.40. The molecule has 21 heavy (non-hydrogen) atoms. The van der Waals surface area contributed by atoms with E-state index in [4.69, 9.17) is 9.84 Å². The number of para-hydroxylation sites is 1. The van der Waals surface area contributed by atoms with E-state index >= 15 is 0 Å². The monoisotopic (exact) mass is 289 g/mol. The van der Waals surface area contributed by atoms with Gasteiger partial charge in [-0.25, -0.2) is 0 Å². The van der Waals surface area contributed by atoms with Crippen LogP contribution >= 0.6 is 0 Å². The predicted molar refractivity (Wildman–Crippen MR) is 74.9 cm³/mol. The van der Waals surface area contributed by atoms with Crippen molar-refractivity contribution in [3.05, 3.63) is 36.0 Å². The summed E-state index contributed by atoms with van der Waals surface area (Å²) in [4.78, 5) is 33.4. The molecule has 6 heteroatoms. The maximum absolute atomic E-state index is 11.7. The van der Waals surface area contributed by atoms with Crippen LogP contribution in [0.5, 0.6) is 0 Å². The van der Waals surface area contributed by atoms with Crippen molar-refractivity contribution in [1.82, 2.24) is 4.57 Å². The molecule has 0 saturated heterocycles. The molecule has 6 nitrogen and oxygen atoms in total. The molecule has 0 saturated carbocycles. The quantitative estimate of drug-likeness (QED) is 0.812. The van der Waals surface area contributed by atoms with Crippen molar-refractivity contribution < 1.29 is 24.2 Å². The van der Waals surface area contributed by atoms with Gasteiger partial charge >= 0.3 is 11.9 Å². The van der Waals surface area contributed by atoms with Crippen molar-refractivity contribution in [3.8, 4) is 0 Å². The third-order valence-electron chi connectivity index (χ3n) is 2.95. The van der Waals surface area contributed by atoms with Crippen LogP contribution < -0.4 is 0 Å². The molecule has 0 atom stereocenters. The highest BCUT2D eigenvalue weighted by molar-refractivity contribution is 5.89. The first kappa shape index (κ1) is 14.8. The molecule has 1 aromatic heterocycles. The van der Waals surface area contributed by atoms with Crippen molar-refractivity contribution in [2.45, 2.75) is 19.9 Å². The molecule has 0 radical (unpaired) electrons. The van der Waals surface area contributed by atoms with Crippen LogP contribution in [0, 0.1) is 0 Å². The van der Waals surface area contributed by atoms with Crippen molar-refractivity contribution in [1.29, 1.82) is 0 Å². The van der Waals surface area contributed by atoms with Gasteiger partial charge in [-0.05, 0) is 18.6 Å². The number of esters is 1. The Hall–Kier alpha value is -2.63. The first-order valence-electron chi connectivity index (χ1n) is 6.41. The molecule has 0 unspecified atom stereocenters. The van der Waals surface area contributed by atoms with Gasteiger partial charge in [0.05, 0.1) is 6.42 Å². The van der Waals surface area contributed by atoms with Gasteiger partial charge in [0.1, 0.15) is 13.2 Å². The van der Waals surface area contributed by atoms with E-state index < -0.39 is 11.9 Å². The van der Waals surface area contributed by atoms with Gasteiger partial charge in [-0.2, -0.15) is 0 Å². The second-order valence-corrected chi connectivity index (χ2v) is 4.73. The number of fused-ring (bicyclic) bond motifs is 1. The van der Waals surface area contributed by atoms with Crippen LogP contribution in [-0.2, 0) is 32.1 Å². The standard InChI is InChI=1S/C15H15NO5/c1-10(17)9-21-15(20)6-11-7-16(8-14(18)19)13-5-3-2-4-12(11)13/h2-5,7H,6,8-9H2,1H3,(H,18,19). The number of carbonyl (C=O) groups is 3. The molecule has 110 valence electrons. The number of benzene rings is 1. The largest absolute Gasteiger partial charge is 0.480 e. The minimum Gasteiger partial charge on any atom is -0.480 e. The Morgan fingerprint density at radius 2 is 1.95 bits per heavy atom. The Labute approximate surface area is 120 Å². The third kappa shape index (κ3) is 3.68. The minimum absolute atomic E-state index is 0.000409. The van der Waals surface area contributed by atoms with Crippen LogP contribution in [0.25, 0.3) is 10.9 Å². The molecule has 2 rings (SSSR count). The Balaban J connectivity index is 2.25. The van der Waals surface area contributed by atoms with Gasteiger partial charge in [-0.15, -0.1) is 0 Å². The summed E-state index contributed by atoms with van der Waals surface area (Å²) in [5.74, 6) is -1.69. The number of nitrogens with zero attached hydrogens (tertiary/aromatic N) is 1. The second-order valence-electron chi connectivity index (χ2n) is 4.73. The second kappa shape index (κ2) is 6.21. The first-order chi connectivity index (χ1) is 9.97. The Morgan fingerprint density at radius 3 is 2.62 bits per heavy atom. The molecule has 0 amide bonds. The molecule has 1 N–H and O–H groups in total. The van der Waals surface area contributed by atoms with Crippen LogP contribution in [0.15, 0.2) is 30.5 Å². The number of aliphatic carboxylic acids is 1. The Kier molecular flexibility index (Phi) is 4.37. The number of hydrogen-bond acceptors (Lipinski definition) is 4. The molecule has 0 bridgehead atoms. The smallest absolute Gasteiger partial charge is 0.323 e. The van der Waals surface area contributed by atoms with Gasteiger partial charge in [-0.3, -0.25) is 14.4 Å². The summed E-state index contributed by atoms with van der Waals surface area (Å²) in [5, 5.41) is 9.72. The van der Waals surface area contributed by atoms with Gasteiger partial charge in [0, 0.05) is 17.1 Å². The lowest BCUT2D eigenvalue weighted by atomic mass is 10.1. The van der Waals surface area contributed by atoms with E-state index in [9.17, 15) is 14.4 Å². The fourth-order valence-corrected chi connectivity index (χ4v) is 2.13. The Bertz CT molecular complexity index is 701. The first-order valence-corrected chi connectivity index (χ1v) is 6.41. The number of carboxylic acids is 1. The Morgan fingerprint density at radius 1 is 1.24 bits per heavy atom. The van der Waals surface area contributed by atoms with Gasteiger partial charge < -0.3 is 14.4 Å². The molecule has 0 aliphatic rings. The fraction of sp³-hybridized carbons (Fsp3) is 0.267. The number of ether oxygens (including phenoxy) is 1. The molecular formula is C15H15NO5. The van der Waals surface area contributed by atoms with E-state index in [0.717, 1.165) is 10.9 Å². The summed E-state index contributed by atoms with van der Waals surface area (Å²) in [7, 11) is 0. The highest BCUT2D eigenvalue weighted by atomic mass is 16.5. The van der Waals surface area contributed by atoms with E-state index in [1.165, 1.54) is 6.92 Å². The van der Waals surface area contributed by atoms with Gasteiger partial charge in [0.15, 0.2) is 5.78 Å². The van der Waals surface area contributed by atoms with E-state index in [2.05, 4.69) is 0 Å². The van der Waals surface area contributed by atoms with Crippen LogP contribution in [0.4, 0.5) is 0 Å². The molecule has 0 fully saturated rings. The zero-order chi connectivity index (χ0) is 15.4. The molecule has 2 aromatic rings. The highest BCUT2D eigenvalue weighted by Crippen LogP contribution is 2.22. The summed E-state index contributed by atoms with van der Waals surface area (Å²) in [6.45, 7) is 0.918.